The summed E-state index contributed by atoms with van der Waals surface area (Å²) >= 11 is 0. The van der Waals surface area contributed by atoms with E-state index in [4.69, 9.17) is 4.74 Å². The average Bonchev–Trinajstić information content (AvgIpc) is 3.38. The lowest BCUT2D eigenvalue weighted by atomic mass is 9.83. The van der Waals surface area contributed by atoms with Crippen molar-refractivity contribution in [3.05, 3.63) is 23.9 Å². The Bertz CT molecular complexity index is 1020. The molecule has 1 N–H and O–H groups in total. The fourth-order valence-electron chi connectivity index (χ4n) is 4.12. The molecular formula is C21H26F3N5O2. The van der Waals surface area contributed by atoms with Crippen molar-refractivity contribution in [3.8, 4) is 5.75 Å². The zero-order chi connectivity index (χ0) is 22.4. The van der Waals surface area contributed by atoms with Crippen LogP contribution in [0, 0.1) is 5.92 Å². The Hall–Kier alpha value is -2.78. The van der Waals surface area contributed by atoms with E-state index in [2.05, 4.69) is 15.5 Å². The number of hydrogen-bond acceptors (Lipinski definition) is 5. The number of rotatable bonds is 6. The molecule has 1 aromatic heterocycles. The van der Waals surface area contributed by atoms with Crippen molar-refractivity contribution in [3.63, 3.8) is 0 Å². The van der Waals surface area contributed by atoms with Crippen molar-refractivity contribution >= 4 is 23.0 Å². The SMILES string of the molecule is C[C@@H](Oc1cc(C2(C)C=NN(CCC(F)(F)F)C2)cc2nn(C)cc12)[C@H]1CNC(=O)C1. The number of nitrogens with zero attached hydrogens (tertiary/aromatic N) is 4. The quantitative estimate of drug-likeness (QED) is 0.754. The van der Waals surface area contributed by atoms with Crippen molar-refractivity contribution in [1.82, 2.24) is 20.1 Å². The minimum Gasteiger partial charge on any atom is -0.490 e. The van der Waals surface area contributed by atoms with Crippen LogP contribution in [0.2, 0.25) is 0 Å². The van der Waals surface area contributed by atoms with Crippen molar-refractivity contribution in [2.75, 3.05) is 19.6 Å². The molecule has 0 bridgehead atoms. The van der Waals surface area contributed by atoms with Crippen molar-refractivity contribution in [2.24, 2.45) is 18.1 Å². The first-order chi connectivity index (χ1) is 14.5. The van der Waals surface area contributed by atoms with Gasteiger partial charge in [0.1, 0.15) is 11.9 Å². The van der Waals surface area contributed by atoms with Crippen LogP contribution in [-0.2, 0) is 17.3 Å². The first-order valence-electron chi connectivity index (χ1n) is 10.3. The summed E-state index contributed by atoms with van der Waals surface area (Å²) in [4.78, 5) is 11.6. The Morgan fingerprint density at radius 3 is 2.84 bits per heavy atom. The van der Waals surface area contributed by atoms with Gasteiger partial charge in [-0.25, -0.2) is 0 Å². The first-order valence-corrected chi connectivity index (χ1v) is 10.3. The van der Waals surface area contributed by atoms with E-state index in [1.165, 1.54) is 5.01 Å². The largest absolute Gasteiger partial charge is 0.490 e. The highest BCUT2D eigenvalue weighted by Crippen LogP contribution is 2.36. The third-order valence-electron chi connectivity index (χ3n) is 6.02. The zero-order valence-electron chi connectivity index (χ0n) is 17.7. The third kappa shape index (κ3) is 4.62. The van der Waals surface area contributed by atoms with E-state index in [9.17, 15) is 18.0 Å². The van der Waals surface area contributed by atoms with Crippen molar-refractivity contribution < 1.29 is 22.7 Å². The second-order valence-corrected chi connectivity index (χ2v) is 8.72. The zero-order valence-corrected chi connectivity index (χ0v) is 17.7. The molecule has 0 radical (unpaired) electrons. The van der Waals surface area contributed by atoms with Crippen LogP contribution in [0.3, 0.4) is 0 Å². The van der Waals surface area contributed by atoms with Gasteiger partial charge in [-0.1, -0.05) is 0 Å². The maximum absolute atomic E-state index is 12.6. The van der Waals surface area contributed by atoms with Gasteiger partial charge in [-0.2, -0.15) is 23.4 Å². The minimum absolute atomic E-state index is 0.0225. The number of amides is 1. The number of nitrogens with one attached hydrogen (secondary N) is 1. The van der Waals surface area contributed by atoms with E-state index < -0.39 is 18.0 Å². The Balaban J connectivity index is 1.59. The maximum atomic E-state index is 12.6. The fraction of sp³-hybridized carbons (Fsp3) is 0.571. The van der Waals surface area contributed by atoms with Crippen LogP contribution in [0.25, 0.3) is 10.9 Å². The van der Waals surface area contributed by atoms with Gasteiger partial charge in [0.25, 0.3) is 0 Å². The van der Waals surface area contributed by atoms with Gasteiger partial charge in [0.05, 0.1) is 23.9 Å². The van der Waals surface area contributed by atoms with Crippen LogP contribution < -0.4 is 10.1 Å². The van der Waals surface area contributed by atoms with Crippen LogP contribution in [0.15, 0.2) is 23.4 Å². The number of aromatic nitrogens is 2. The number of carbonyl (C=O) groups excluding carboxylic acids is 1. The second-order valence-electron chi connectivity index (χ2n) is 8.72. The molecule has 2 aliphatic heterocycles. The summed E-state index contributed by atoms with van der Waals surface area (Å²) in [6, 6.07) is 3.86. The molecular weight excluding hydrogens is 411 g/mol. The highest BCUT2D eigenvalue weighted by Gasteiger charge is 2.36. The number of hydrogen-bond donors (Lipinski definition) is 1. The molecule has 31 heavy (non-hydrogen) atoms. The molecule has 7 nitrogen and oxygen atoms in total. The standard InChI is InChI=1S/C21H26F3N5O2/c1-13(14-6-19(30)25-9-14)31-18-8-15(7-17-16(18)10-28(3)27-17)20(2)11-26-29(12-20)5-4-21(22,23)24/h7-8,10-11,13-14H,4-6,9,12H2,1-3H3,(H,25,30)/t13-,14-,20?/m1/s1. The number of alkyl halides is 3. The molecule has 3 atom stereocenters. The Morgan fingerprint density at radius 1 is 1.39 bits per heavy atom. The van der Waals surface area contributed by atoms with Gasteiger partial charge >= 0.3 is 6.18 Å². The van der Waals surface area contributed by atoms with E-state index in [1.54, 1.807) is 10.9 Å². The summed E-state index contributed by atoms with van der Waals surface area (Å²) in [6.07, 6.45) is -1.31. The lowest BCUT2D eigenvalue weighted by molar-refractivity contribution is -0.137. The number of fused-ring (bicyclic) bond motifs is 1. The van der Waals surface area contributed by atoms with E-state index in [-0.39, 0.29) is 24.5 Å². The molecule has 4 rings (SSSR count). The van der Waals surface area contributed by atoms with E-state index in [0.29, 0.717) is 25.3 Å². The molecule has 1 aromatic carbocycles. The Labute approximate surface area is 178 Å². The minimum atomic E-state index is -4.21. The van der Waals surface area contributed by atoms with Gasteiger partial charge in [-0.3, -0.25) is 14.5 Å². The molecule has 1 amide bonds. The topological polar surface area (TPSA) is 71.8 Å². The van der Waals surface area contributed by atoms with Crippen LogP contribution in [0.5, 0.6) is 5.75 Å². The normalized spacial score (nSPS) is 24.8. The summed E-state index contributed by atoms with van der Waals surface area (Å²) in [7, 11) is 1.82. The number of hydrazone groups is 1. The van der Waals surface area contributed by atoms with Gasteiger partial charge in [0.15, 0.2) is 0 Å². The second kappa shape index (κ2) is 7.72. The molecule has 1 saturated heterocycles. The Kier molecular flexibility index (Phi) is 5.35. The lowest BCUT2D eigenvalue weighted by Crippen LogP contribution is -2.32. The van der Waals surface area contributed by atoms with Crippen LogP contribution in [0.4, 0.5) is 13.2 Å². The predicted molar refractivity (Wildman–Crippen MR) is 110 cm³/mol. The summed E-state index contributed by atoms with van der Waals surface area (Å²) < 4.78 is 45.8. The maximum Gasteiger partial charge on any atom is 0.390 e. The van der Waals surface area contributed by atoms with E-state index >= 15 is 0 Å². The van der Waals surface area contributed by atoms with Gasteiger partial charge in [0, 0.05) is 50.3 Å². The van der Waals surface area contributed by atoms with Gasteiger partial charge in [0.2, 0.25) is 5.91 Å². The third-order valence-corrected chi connectivity index (χ3v) is 6.02. The van der Waals surface area contributed by atoms with Crippen molar-refractivity contribution in [2.45, 2.75) is 44.4 Å². The van der Waals surface area contributed by atoms with Crippen LogP contribution in [-0.4, -0.2) is 58.8 Å². The molecule has 168 valence electrons. The molecule has 1 unspecified atom stereocenters. The summed E-state index contributed by atoms with van der Waals surface area (Å²) in [5.74, 6) is 0.745. The molecule has 1 fully saturated rings. The van der Waals surface area contributed by atoms with Gasteiger partial charge in [-0.15, -0.1) is 0 Å². The van der Waals surface area contributed by atoms with Crippen molar-refractivity contribution in [1.29, 1.82) is 0 Å². The number of benzene rings is 1. The molecule has 2 aliphatic rings. The molecule has 3 heterocycles. The molecule has 10 heteroatoms. The van der Waals surface area contributed by atoms with Gasteiger partial charge in [-0.05, 0) is 31.5 Å². The number of carbonyl (C=O) groups is 1. The predicted octanol–water partition coefficient (Wildman–Crippen LogP) is 2.99. The summed E-state index contributed by atoms with van der Waals surface area (Å²) in [6.45, 7) is 4.63. The highest BCUT2D eigenvalue weighted by molar-refractivity contribution is 5.88. The first kappa shape index (κ1) is 21.5. The lowest BCUT2D eigenvalue weighted by Gasteiger charge is -2.26. The molecule has 0 aliphatic carbocycles. The highest BCUT2D eigenvalue weighted by atomic mass is 19.4. The van der Waals surface area contributed by atoms with Gasteiger partial charge < -0.3 is 10.1 Å². The summed E-state index contributed by atoms with van der Waals surface area (Å²) in [5.41, 5.74) is 1.05. The summed E-state index contributed by atoms with van der Waals surface area (Å²) in [5, 5.41) is 13.8. The van der Waals surface area contributed by atoms with Crippen LogP contribution in [0.1, 0.15) is 32.3 Å². The average molecular weight is 437 g/mol. The van der Waals surface area contributed by atoms with Crippen LogP contribution >= 0.6 is 0 Å². The van der Waals surface area contributed by atoms with E-state index in [0.717, 1.165) is 16.5 Å². The molecule has 0 saturated carbocycles. The number of ether oxygens (including phenoxy) is 1. The monoisotopic (exact) mass is 437 g/mol. The number of aryl methyl sites for hydroxylation is 1. The Morgan fingerprint density at radius 2 is 2.16 bits per heavy atom. The fourth-order valence-corrected chi connectivity index (χ4v) is 4.12. The number of halogens is 3. The smallest absolute Gasteiger partial charge is 0.390 e. The molecule has 0 spiro atoms. The van der Waals surface area contributed by atoms with E-state index in [1.807, 2.05) is 39.2 Å². The molecule has 2 aromatic rings.